The van der Waals surface area contributed by atoms with E-state index in [-0.39, 0.29) is 22.4 Å². The van der Waals surface area contributed by atoms with Gasteiger partial charge in [-0.2, -0.15) is 0 Å². The van der Waals surface area contributed by atoms with Crippen molar-refractivity contribution < 1.29 is 9.53 Å². The number of hydrazine groups is 1. The molecule has 2 aromatic rings. The smallest absolute Gasteiger partial charge is 0.276 e. The first-order chi connectivity index (χ1) is 12.1. The highest BCUT2D eigenvalue weighted by Crippen LogP contribution is 2.46. The Balaban J connectivity index is 1.78. The lowest BCUT2D eigenvalue weighted by molar-refractivity contribution is -0.112. The fourth-order valence-corrected chi connectivity index (χ4v) is 5.87. The summed E-state index contributed by atoms with van der Waals surface area (Å²) in [6.07, 6.45) is 0. The molecule has 130 valence electrons. The number of hydrogen-bond acceptors (Lipinski definition) is 4. The highest BCUT2D eigenvalue weighted by molar-refractivity contribution is 8.17. The Hall–Kier alpha value is -2.31. The number of fused-ring (bicyclic) bond motifs is 1. The van der Waals surface area contributed by atoms with Gasteiger partial charge in [0, 0.05) is 18.0 Å². The van der Waals surface area contributed by atoms with Gasteiger partial charge in [-0.05, 0) is 31.2 Å². The van der Waals surface area contributed by atoms with E-state index >= 15 is 0 Å². The minimum atomic E-state index is -0.239. The summed E-state index contributed by atoms with van der Waals surface area (Å²) < 4.78 is 5.35. The van der Waals surface area contributed by atoms with E-state index in [4.69, 9.17) is 4.74 Å². The second-order valence-corrected chi connectivity index (χ2v) is 8.16. The number of methoxy groups -OCH3 is 1. The molecular weight excluding hydrogens is 334 g/mol. The van der Waals surface area contributed by atoms with Gasteiger partial charge in [0.1, 0.15) is 5.75 Å². The summed E-state index contributed by atoms with van der Waals surface area (Å²) in [6, 6.07) is 15.9. The topological polar surface area (TPSA) is 44.8 Å². The third kappa shape index (κ3) is 2.62. The van der Waals surface area contributed by atoms with Crippen LogP contribution in [0.1, 0.15) is 6.92 Å². The fourth-order valence-electron chi connectivity index (χ4n) is 3.35. The van der Waals surface area contributed by atoms with E-state index in [2.05, 4.69) is 36.4 Å². The number of ether oxygens (including phenoxy) is 1. The predicted octanol–water partition coefficient (Wildman–Crippen LogP) is 2.84. The zero-order valence-corrected chi connectivity index (χ0v) is 15.3. The lowest BCUT2D eigenvalue weighted by atomic mass is 10.2. The highest BCUT2D eigenvalue weighted by atomic mass is 32.2. The predicted molar refractivity (Wildman–Crippen MR) is 104 cm³/mol. The maximum absolute atomic E-state index is 13.1. The molecule has 0 bridgehead atoms. The number of anilines is 2. The quantitative estimate of drug-likeness (QED) is 0.842. The van der Waals surface area contributed by atoms with Crippen molar-refractivity contribution in [3.63, 3.8) is 0 Å². The van der Waals surface area contributed by atoms with E-state index in [0.717, 1.165) is 27.9 Å². The molecule has 0 spiro atoms. The Morgan fingerprint density at radius 2 is 1.96 bits per heavy atom. The lowest BCUT2D eigenvalue weighted by Gasteiger charge is -2.15. The van der Waals surface area contributed by atoms with E-state index in [0.29, 0.717) is 0 Å². The summed E-state index contributed by atoms with van der Waals surface area (Å²) in [5.41, 5.74) is 5.35. The Morgan fingerprint density at radius 1 is 1.20 bits per heavy atom. The average Bonchev–Trinajstić information content (AvgIpc) is 3.11. The third-order valence-electron chi connectivity index (χ3n) is 4.58. The molecule has 0 radical (unpaired) electrons. The van der Waals surface area contributed by atoms with Gasteiger partial charge < -0.3 is 9.64 Å². The standard InChI is InChI=1S/C19H21N3O2S/c1-13-18(19(23)22(20-13)14-7-5-4-6-8-14)25-12-21(2)16-11-15(24-3)9-10-17(16)25/h4-11,13,20H,12H2,1-3H3. The van der Waals surface area contributed by atoms with E-state index in [1.54, 1.807) is 12.1 Å². The van der Waals surface area contributed by atoms with E-state index in [9.17, 15) is 4.79 Å². The van der Waals surface area contributed by atoms with Crippen LogP contribution >= 0.6 is 10.5 Å². The maximum atomic E-state index is 13.1. The second kappa shape index (κ2) is 6.20. The molecule has 0 aromatic heterocycles. The average molecular weight is 355 g/mol. The molecule has 1 fully saturated rings. The zero-order chi connectivity index (χ0) is 17.6. The molecule has 2 atom stereocenters. The minimum absolute atomic E-state index is 0.0116. The van der Waals surface area contributed by atoms with Gasteiger partial charge in [-0.25, -0.2) is 10.4 Å². The van der Waals surface area contributed by atoms with Crippen LogP contribution in [0, 0.1) is 0 Å². The van der Waals surface area contributed by atoms with Crippen molar-refractivity contribution in [3.05, 3.63) is 48.5 Å². The molecule has 4 rings (SSSR count). The number of nitrogens with zero attached hydrogens (tertiary/aromatic N) is 2. The van der Waals surface area contributed by atoms with Gasteiger partial charge in [0.15, 0.2) is 0 Å². The van der Waals surface area contributed by atoms with Crippen LogP contribution in [-0.2, 0) is 4.79 Å². The Kier molecular flexibility index (Phi) is 4.01. The second-order valence-electron chi connectivity index (χ2n) is 6.24. The first-order valence-electron chi connectivity index (χ1n) is 8.22. The summed E-state index contributed by atoms with van der Waals surface area (Å²) in [4.78, 5) is 17.5. The fraction of sp³-hybridized carbons (Fsp3) is 0.263. The summed E-state index contributed by atoms with van der Waals surface area (Å²) in [5, 5.41) is 1.68. The van der Waals surface area contributed by atoms with Gasteiger partial charge in [-0.15, -0.1) is 10.5 Å². The first kappa shape index (κ1) is 16.2. The summed E-state index contributed by atoms with van der Waals surface area (Å²) in [7, 11) is 3.50. The molecule has 0 saturated carbocycles. The number of rotatable bonds is 2. The van der Waals surface area contributed by atoms with Crippen LogP contribution in [0.2, 0.25) is 0 Å². The molecule has 2 aliphatic heterocycles. The van der Waals surface area contributed by atoms with Crippen molar-refractivity contribution in [2.75, 3.05) is 29.9 Å². The van der Waals surface area contributed by atoms with Crippen LogP contribution < -0.4 is 20.1 Å². The van der Waals surface area contributed by atoms with Crippen LogP contribution in [0.4, 0.5) is 11.4 Å². The van der Waals surface area contributed by atoms with Gasteiger partial charge >= 0.3 is 0 Å². The Labute approximate surface area is 150 Å². The molecule has 2 aliphatic rings. The molecular formula is C19H21N3O2S. The number of hydrogen-bond donors (Lipinski definition) is 1. The molecule has 1 saturated heterocycles. The number of carbonyl (C=O) groups is 1. The first-order valence-corrected chi connectivity index (χ1v) is 9.62. The Morgan fingerprint density at radius 3 is 2.68 bits per heavy atom. The lowest BCUT2D eigenvalue weighted by Crippen LogP contribution is -2.36. The SMILES string of the molecule is COc1ccc2c(c1)N(C)C/S2=C1\C(=O)N(c2ccccc2)NC1C. The molecule has 25 heavy (non-hydrogen) atoms. The molecule has 1 N–H and O–H groups in total. The summed E-state index contributed by atoms with van der Waals surface area (Å²) in [6.45, 7) is 2.06. The van der Waals surface area contributed by atoms with Crippen LogP contribution in [0.15, 0.2) is 53.4 Å². The molecule has 2 heterocycles. The molecule has 5 nitrogen and oxygen atoms in total. The van der Waals surface area contributed by atoms with Gasteiger partial charge in [0.25, 0.3) is 5.91 Å². The van der Waals surface area contributed by atoms with E-state index < -0.39 is 0 Å². The zero-order valence-electron chi connectivity index (χ0n) is 14.5. The summed E-state index contributed by atoms with van der Waals surface area (Å²) >= 11 is 0. The number of nitrogens with one attached hydrogen (secondary N) is 1. The number of amides is 1. The van der Waals surface area contributed by atoms with E-state index in [1.807, 2.05) is 36.4 Å². The molecule has 1 amide bonds. The van der Waals surface area contributed by atoms with Gasteiger partial charge in [0.2, 0.25) is 0 Å². The minimum Gasteiger partial charge on any atom is -0.497 e. The molecule has 2 aromatic carbocycles. The molecule has 0 aliphatic carbocycles. The van der Waals surface area contributed by atoms with Gasteiger partial charge in [-0.3, -0.25) is 4.79 Å². The normalized spacial score (nSPS) is 24.0. The van der Waals surface area contributed by atoms with Crippen LogP contribution in [0.3, 0.4) is 0 Å². The number of para-hydroxylation sites is 1. The van der Waals surface area contributed by atoms with Crippen LogP contribution in [0.25, 0.3) is 0 Å². The van der Waals surface area contributed by atoms with Gasteiger partial charge in [-0.1, -0.05) is 18.2 Å². The van der Waals surface area contributed by atoms with Crippen molar-refractivity contribution in [3.8, 4) is 5.75 Å². The van der Waals surface area contributed by atoms with Gasteiger partial charge in [0.05, 0.1) is 35.3 Å². The Bertz CT molecular complexity index is 866. The number of benzene rings is 2. The van der Waals surface area contributed by atoms with Crippen molar-refractivity contribution in [2.24, 2.45) is 0 Å². The molecule has 6 heteroatoms. The van der Waals surface area contributed by atoms with Crippen LogP contribution in [-0.4, -0.2) is 36.8 Å². The molecule has 2 unspecified atom stereocenters. The third-order valence-corrected chi connectivity index (χ3v) is 7.16. The number of carbonyl (C=O) groups excluding carboxylic acids is 1. The van der Waals surface area contributed by atoms with Crippen molar-refractivity contribution >= 4 is 32.6 Å². The largest absolute Gasteiger partial charge is 0.497 e. The van der Waals surface area contributed by atoms with E-state index in [1.165, 1.54) is 4.90 Å². The monoisotopic (exact) mass is 355 g/mol. The van der Waals surface area contributed by atoms with Crippen molar-refractivity contribution in [1.82, 2.24) is 5.43 Å². The van der Waals surface area contributed by atoms with Crippen molar-refractivity contribution in [2.45, 2.75) is 17.9 Å². The summed E-state index contributed by atoms with van der Waals surface area (Å²) in [5.74, 6) is 1.74. The van der Waals surface area contributed by atoms with Crippen LogP contribution in [0.5, 0.6) is 5.75 Å². The maximum Gasteiger partial charge on any atom is 0.276 e. The van der Waals surface area contributed by atoms with Crippen molar-refractivity contribution in [1.29, 1.82) is 0 Å². The highest BCUT2D eigenvalue weighted by Gasteiger charge is 2.37.